The first-order valence-electron chi connectivity index (χ1n) is 8.17. The molecule has 0 amide bonds. The van der Waals surface area contributed by atoms with Gasteiger partial charge in [0.05, 0.1) is 10.0 Å². The summed E-state index contributed by atoms with van der Waals surface area (Å²) >= 11 is 16.6. The lowest BCUT2D eigenvalue weighted by molar-refractivity contribution is 0.529. The van der Waals surface area contributed by atoms with E-state index < -0.39 is 0 Å². The molecular formula is C19H26Cl2N2S. The van der Waals surface area contributed by atoms with Gasteiger partial charge < -0.3 is 11.5 Å². The molecule has 0 saturated heterocycles. The van der Waals surface area contributed by atoms with Crippen molar-refractivity contribution in [3.63, 3.8) is 0 Å². The highest BCUT2D eigenvalue weighted by Gasteiger charge is 2.26. The van der Waals surface area contributed by atoms with Crippen LogP contribution in [0.15, 0.2) is 41.3 Å². The zero-order valence-corrected chi connectivity index (χ0v) is 16.8. The van der Waals surface area contributed by atoms with Crippen molar-refractivity contribution in [2.24, 2.45) is 11.5 Å². The Labute approximate surface area is 160 Å². The summed E-state index contributed by atoms with van der Waals surface area (Å²) in [7, 11) is 1.50. The van der Waals surface area contributed by atoms with Crippen LogP contribution in [0.25, 0.3) is 0 Å². The number of halogens is 2. The summed E-state index contributed by atoms with van der Waals surface area (Å²) in [5.41, 5.74) is 14.4. The molecule has 4 N–H and O–H groups in total. The van der Waals surface area contributed by atoms with E-state index in [1.54, 1.807) is 0 Å². The topological polar surface area (TPSA) is 52.0 Å². The first-order chi connectivity index (χ1) is 11.6. The van der Waals surface area contributed by atoms with Crippen molar-refractivity contribution < 1.29 is 0 Å². The summed E-state index contributed by atoms with van der Waals surface area (Å²) < 4.78 is 0. The maximum Gasteiger partial charge on any atom is 0.0595 e. The maximum atomic E-state index is 6.22. The van der Waals surface area contributed by atoms with Crippen molar-refractivity contribution in [2.75, 3.05) is 7.05 Å². The van der Waals surface area contributed by atoms with Crippen molar-refractivity contribution in [3.05, 3.63) is 63.1 Å². The fourth-order valence-corrected chi connectivity index (χ4v) is 3.45. The summed E-state index contributed by atoms with van der Waals surface area (Å²) in [4.78, 5) is 0.961. The Kier molecular flexibility index (Phi) is 9.17. The van der Waals surface area contributed by atoms with Gasteiger partial charge in [-0.1, -0.05) is 49.2 Å². The second-order valence-corrected chi connectivity index (χ2v) is 6.55. The van der Waals surface area contributed by atoms with E-state index in [-0.39, 0.29) is 6.04 Å². The highest BCUT2D eigenvalue weighted by atomic mass is 35.5. The number of hydrogen-bond acceptors (Lipinski definition) is 3. The van der Waals surface area contributed by atoms with E-state index in [0.717, 1.165) is 17.7 Å². The van der Waals surface area contributed by atoms with E-state index in [1.807, 2.05) is 38.1 Å². The highest BCUT2D eigenvalue weighted by Crippen LogP contribution is 2.42. The summed E-state index contributed by atoms with van der Waals surface area (Å²) in [5, 5.41) is 1.19. The summed E-state index contributed by atoms with van der Waals surface area (Å²) in [6.07, 6.45) is 1.99. The molecule has 2 aromatic carbocycles. The Balaban J connectivity index is 0.000000671. The molecule has 0 bridgehead atoms. The van der Waals surface area contributed by atoms with E-state index in [0.29, 0.717) is 16.0 Å². The molecule has 0 aromatic heterocycles. The van der Waals surface area contributed by atoms with Crippen LogP contribution in [0.2, 0.25) is 10.0 Å². The average molecular weight is 385 g/mol. The molecule has 0 saturated carbocycles. The van der Waals surface area contributed by atoms with Crippen LogP contribution in [-0.2, 0) is 0 Å². The Morgan fingerprint density at radius 1 is 0.917 bits per heavy atom. The molecule has 2 atom stereocenters. The minimum atomic E-state index is 0.109. The summed E-state index contributed by atoms with van der Waals surface area (Å²) in [6, 6.07) is 12.2. The van der Waals surface area contributed by atoms with Crippen LogP contribution in [0, 0.1) is 0 Å². The van der Waals surface area contributed by atoms with E-state index >= 15 is 0 Å². The van der Waals surface area contributed by atoms with Crippen LogP contribution >= 0.6 is 35.8 Å². The number of nitrogens with two attached hydrogens (primary N) is 2. The third-order valence-corrected chi connectivity index (χ3v) is 4.97. The monoisotopic (exact) mass is 384 g/mol. The maximum absolute atomic E-state index is 6.22. The zero-order valence-electron chi connectivity index (χ0n) is 14.4. The van der Waals surface area contributed by atoms with Gasteiger partial charge in [-0.2, -0.15) is 0 Å². The largest absolute Gasteiger partial charge is 0.333 e. The molecule has 0 radical (unpaired) electrons. The first kappa shape index (κ1) is 21.3. The molecule has 1 aliphatic rings. The van der Waals surface area contributed by atoms with Crippen molar-refractivity contribution in [2.45, 2.75) is 43.5 Å². The number of fused-ring (bicyclic) bond motifs is 1. The standard InChI is InChI=1S/C16H15Cl2NS.C2H6.CH5N/c17-14-5-1-9(7-15(14)18)11-4-6-16(19)12-3-2-10(20)8-13(11)12;2*1-2/h1-3,5,7-8,11,16,20H,4,6,19H2;1-2H3;2H2,1H3. The van der Waals surface area contributed by atoms with E-state index in [9.17, 15) is 0 Å². The van der Waals surface area contributed by atoms with Gasteiger partial charge in [0.1, 0.15) is 0 Å². The number of hydrogen-bond donors (Lipinski definition) is 3. The van der Waals surface area contributed by atoms with Crippen molar-refractivity contribution in [1.29, 1.82) is 0 Å². The third kappa shape index (κ3) is 4.90. The smallest absolute Gasteiger partial charge is 0.0595 e. The molecule has 2 aromatic rings. The minimum absolute atomic E-state index is 0.109. The lowest BCUT2D eigenvalue weighted by Gasteiger charge is -2.30. The van der Waals surface area contributed by atoms with Crippen LogP contribution in [0.5, 0.6) is 0 Å². The lowest BCUT2D eigenvalue weighted by atomic mass is 9.77. The average Bonchev–Trinajstić information content (AvgIpc) is 2.61. The van der Waals surface area contributed by atoms with Crippen LogP contribution < -0.4 is 11.5 Å². The van der Waals surface area contributed by atoms with Crippen LogP contribution in [-0.4, -0.2) is 7.05 Å². The third-order valence-electron chi connectivity index (χ3n) is 3.96. The quantitative estimate of drug-likeness (QED) is 0.543. The molecule has 0 aliphatic heterocycles. The van der Waals surface area contributed by atoms with Crippen molar-refractivity contribution in [3.8, 4) is 0 Å². The second kappa shape index (κ2) is 10.3. The molecule has 0 spiro atoms. The summed E-state index contributed by atoms with van der Waals surface area (Å²) in [6.45, 7) is 4.00. The van der Waals surface area contributed by atoms with Gasteiger partial charge in [-0.25, -0.2) is 0 Å². The van der Waals surface area contributed by atoms with Crippen molar-refractivity contribution >= 4 is 35.8 Å². The van der Waals surface area contributed by atoms with Crippen LogP contribution in [0.3, 0.4) is 0 Å². The lowest BCUT2D eigenvalue weighted by Crippen LogP contribution is -2.21. The van der Waals surface area contributed by atoms with E-state index in [1.165, 1.54) is 23.7 Å². The zero-order chi connectivity index (χ0) is 18.3. The molecule has 0 heterocycles. The van der Waals surface area contributed by atoms with Gasteiger partial charge in [-0.15, -0.1) is 12.6 Å². The first-order valence-corrected chi connectivity index (χ1v) is 9.37. The SMILES string of the molecule is CC.CN.NC1CCC(c2ccc(Cl)c(Cl)c2)c2cc(S)ccc21. The minimum Gasteiger partial charge on any atom is -0.333 e. The fourth-order valence-electron chi connectivity index (χ4n) is 2.93. The Bertz CT molecular complexity index is 662. The van der Waals surface area contributed by atoms with Gasteiger partial charge >= 0.3 is 0 Å². The number of benzene rings is 2. The summed E-state index contributed by atoms with van der Waals surface area (Å²) in [5.74, 6) is 0.312. The Hall–Kier alpha value is -0.710. The molecule has 3 rings (SSSR count). The predicted molar refractivity (Wildman–Crippen MR) is 110 cm³/mol. The molecule has 2 nitrogen and oxygen atoms in total. The molecule has 2 unspecified atom stereocenters. The molecule has 24 heavy (non-hydrogen) atoms. The van der Waals surface area contributed by atoms with Crippen LogP contribution in [0.4, 0.5) is 0 Å². The van der Waals surface area contributed by atoms with E-state index in [4.69, 9.17) is 28.9 Å². The van der Waals surface area contributed by atoms with Gasteiger partial charge in [0.15, 0.2) is 0 Å². The number of thiol groups is 1. The van der Waals surface area contributed by atoms with Gasteiger partial charge in [-0.3, -0.25) is 0 Å². The molecule has 0 fully saturated rings. The van der Waals surface area contributed by atoms with Gasteiger partial charge in [0, 0.05) is 16.9 Å². The van der Waals surface area contributed by atoms with Gasteiger partial charge in [-0.05, 0) is 60.8 Å². The Morgan fingerprint density at radius 3 is 2.21 bits per heavy atom. The van der Waals surface area contributed by atoms with Gasteiger partial charge in [0.25, 0.3) is 0 Å². The highest BCUT2D eigenvalue weighted by molar-refractivity contribution is 7.80. The molecule has 5 heteroatoms. The number of rotatable bonds is 1. The van der Waals surface area contributed by atoms with Gasteiger partial charge in [0.2, 0.25) is 0 Å². The molecular weight excluding hydrogens is 359 g/mol. The Morgan fingerprint density at radius 2 is 1.58 bits per heavy atom. The van der Waals surface area contributed by atoms with Crippen molar-refractivity contribution in [1.82, 2.24) is 0 Å². The van der Waals surface area contributed by atoms with E-state index in [2.05, 4.69) is 30.5 Å². The fraction of sp³-hybridized carbons (Fsp3) is 0.368. The molecule has 132 valence electrons. The van der Waals surface area contributed by atoms with Crippen LogP contribution in [0.1, 0.15) is 55.3 Å². The normalized spacial score (nSPS) is 18.5. The predicted octanol–water partition coefficient (Wildman–Crippen LogP) is 5.81. The molecule has 1 aliphatic carbocycles. The second-order valence-electron chi connectivity index (χ2n) is 5.22.